The lowest BCUT2D eigenvalue weighted by Crippen LogP contribution is -2.32. The molecule has 0 aromatic heterocycles. The van der Waals surface area contributed by atoms with Gasteiger partial charge >= 0.3 is 5.97 Å². The Morgan fingerprint density at radius 2 is 1.65 bits per heavy atom. The van der Waals surface area contributed by atoms with E-state index in [-0.39, 0.29) is 52.2 Å². The van der Waals surface area contributed by atoms with Gasteiger partial charge in [0.15, 0.2) is 0 Å². The van der Waals surface area contributed by atoms with Crippen LogP contribution in [-0.4, -0.2) is 55.8 Å². The molecule has 0 unspecified atom stereocenters. The molecule has 0 N–H and O–H groups in total. The second-order valence-electron chi connectivity index (χ2n) is 3.87. The zero-order chi connectivity index (χ0) is 14.8. The molecular weight excluding hydrogens is 272 g/mol. The van der Waals surface area contributed by atoms with Crippen LogP contribution < -0.4 is 0 Å². The Kier molecular flexibility index (Phi) is 7.36. The second kappa shape index (κ2) is 9.10. The minimum absolute atomic E-state index is 0.0651. The summed E-state index contributed by atoms with van der Waals surface area (Å²) >= 11 is 0. The summed E-state index contributed by atoms with van der Waals surface area (Å²) in [6.07, 6.45) is 0.0537. The van der Waals surface area contributed by atoms with Gasteiger partial charge in [-0.25, -0.2) is 4.79 Å². The fourth-order valence-electron chi connectivity index (χ4n) is 1.38. The van der Waals surface area contributed by atoms with Crippen LogP contribution in [-0.2, 0) is 28.7 Å². The molecule has 0 aromatic carbocycles. The van der Waals surface area contributed by atoms with Crippen molar-refractivity contribution in [2.75, 3.05) is 33.0 Å². The van der Waals surface area contributed by atoms with Crippen molar-refractivity contribution in [1.82, 2.24) is 5.06 Å². The molecule has 1 fully saturated rings. The van der Waals surface area contributed by atoms with E-state index in [0.717, 1.165) is 0 Å². The van der Waals surface area contributed by atoms with Crippen LogP contribution in [0.15, 0.2) is 5.18 Å². The maximum absolute atomic E-state index is 11.3. The largest absolute Gasteiger partial charge is 0.378 e. The first-order valence-corrected chi connectivity index (χ1v) is 6.16. The van der Waals surface area contributed by atoms with Gasteiger partial charge in [0, 0.05) is 12.8 Å². The van der Waals surface area contributed by atoms with Crippen LogP contribution in [0.3, 0.4) is 0 Å². The number of nitrogens with zero attached hydrogens (tertiary/aromatic N) is 2. The predicted octanol–water partition coefficient (Wildman–Crippen LogP) is -0.217. The Morgan fingerprint density at radius 1 is 1.05 bits per heavy atom. The van der Waals surface area contributed by atoms with Crippen LogP contribution in [0.5, 0.6) is 0 Å². The highest BCUT2D eigenvalue weighted by Gasteiger charge is 2.32. The maximum Gasteiger partial charge on any atom is 0.335 e. The summed E-state index contributed by atoms with van der Waals surface area (Å²) in [6.45, 7) is 0.948. The maximum atomic E-state index is 11.3. The van der Waals surface area contributed by atoms with E-state index in [9.17, 15) is 19.3 Å². The first-order valence-electron chi connectivity index (χ1n) is 6.16. The number of hydroxylamine groups is 2. The summed E-state index contributed by atoms with van der Waals surface area (Å²) in [7, 11) is 0. The Hall–Kier alpha value is -1.87. The van der Waals surface area contributed by atoms with Crippen LogP contribution in [0.25, 0.3) is 0 Å². The molecule has 0 aliphatic carbocycles. The van der Waals surface area contributed by atoms with Crippen LogP contribution in [0, 0.1) is 4.91 Å². The first kappa shape index (κ1) is 16.2. The molecule has 9 heteroatoms. The van der Waals surface area contributed by atoms with Crippen molar-refractivity contribution >= 4 is 17.8 Å². The zero-order valence-corrected chi connectivity index (χ0v) is 10.9. The third-order valence-electron chi connectivity index (χ3n) is 2.35. The fraction of sp³-hybridized carbons (Fsp3) is 0.727. The number of amides is 2. The lowest BCUT2D eigenvalue weighted by atomic mass is 10.4. The summed E-state index contributed by atoms with van der Waals surface area (Å²) in [5.74, 6) is -1.73. The van der Waals surface area contributed by atoms with Gasteiger partial charge in [0.25, 0.3) is 11.8 Å². The molecule has 0 radical (unpaired) electrons. The van der Waals surface area contributed by atoms with Crippen LogP contribution in [0.2, 0.25) is 0 Å². The van der Waals surface area contributed by atoms with Crippen molar-refractivity contribution in [3.05, 3.63) is 4.91 Å². The first-order chi connectivity index (χ1) is 9.65. The SMILES string of the molecule is O=NCCOCCOCCC(=O)ON1C(=O)CCC1=O. The van der Waals surface area contributed by atoms with E-state index < -0.39 is 17.8 Å². The number of rotatable bonds is 10. The molecule has 1 heterocycles. The van der Waals surface area contributed by atoms with E-state index >= 15 is 0 Å². The number of imide groups is 1. The summed E-state index contributed by atoms with van der Waals surface area (Å²) in [4.78, 5) is 48.1. The smallest absolute Gasteiger partial charge is 0.335 e. The number of carbonyl (C=O) groups is 3. The van der Waals surface area contributed by atoms with E-state index in [2.05, 4.69) is 10.0 Å². The van der Waals surface area contributed by atoms with Crippen LogP contribution >= 0.6 is 0 Å². The second-order valence-corrected chi connectivity index (χ2v) is 3.87. The van der Waals surface area contributed by atoms with Crippen molar-refractivity contribution in [2.45, 2.75) is 19.3 Å². The highest BCUT2D eigenvalue weighted by molar-refractivity contribution is 6.01. The lowest BCUT2D eigenvalue weighted by Gasteiger charge is -2.12. The van der Waals surface area contributed by atoms with Gasteiger partial charge in [0.05, 0.1) is 32.8 Å². The molecule has 1 aliphatic heterocycles. The number of nitroso groups, excluding NO2 is 1. The lowest BCUT2D eigenvalue weighted by molar-refractivity contribution is -0.198. The Morgan fingerprint density at radius 3 is 2.25 bits per heavy atom. The van der Waals surface area contributed by atoms with Gasteiger partial charge in [-0.2, -0.15) is 4.91 Å². The molecule has 9 nitrogen and oxygen atoms in total. The van der Waals surface area contributed by atoms with E-state index in [1.165, 1.54) is 0 Å². The van der Waals surface area contributed by atoms with Gasteiger partial charge in [-0.05, 0) is 0 Å². The van der Waals surface area contributed by atoms with Crippen molar-refractivity contribution < 1.29 is 28.7 Å². The van der Waals surface area contributed by atoms with Gasteiger partial charge in [-0.3, -0.25) is 9.59 Å². The van der Waals surface area contributed by atoms with E-state index in [0.29, 0.717) is 5.06 Å². The van der Waals surface area contributed by atoms with E-state index in [1.54, 1.807) is 0 Å². The Bertz CT molecular complexity index is 356. The molecule has 0 spiro atoms. The molecule has 1 saturated heterocycles. The van der Waals surface area contributed by atoms with Crippen molar-refractivity contribution in [2.24, 2.45) is 5.18 Å². The van der Waals surface area contributed by atoms with Gasteiger partial charge in [0.1, 0.15) is 6.54 Å². The molecule has 0 bridgehead atoms. The summed E-state index contributed by atoms with van der Waals surface area (Å²) < 4.78 is 10.1. The minimum Gasteiger partial charge on any atom is -0.378 e. The van der Waals surface area contributed by atoms with Gasteiger partial charge in [0.2, 0.25) is 0 Å². The average molecular weight is 288 g/mol. The molecule has 20 heavy (non-hydrogen) atoms. The summed E-state index contributed by atoms with van der Waals surface area (Å²) in [6, 6.07) is 0. The predicted molar refractivity (Wildman–Crippen MR) is 64.1 cm³/mol. The third-order valence-corrected chi connectivity index (χ3v) is 2.35. The average Bonchev–Trinajstić information content (AvgIpc) is 2.73. The monoisotopic (exact) mass is 288 g/mol. The molecule has 0 atom stereocenters. The number of carbonyl (C=O) groups excluding carboxylic acids is 3. The molecule has 0 saturated carbocycles. The zero-order valence-electron chi connectivity index (χ0n) is 10.9. The Balaban J connectivity index is 2.01. The highest BCUT2D eigenvalue weighted by Crippen LogP contribution is 2.12. The minimum atomic E-state index is -0.709. The topological polar surface area (TPSA) is 112 Å². The van der Waals surface area contributed by atoms with E-state index in [1.807, 2.05) is 0 Å². The quantitative estimate of drug-likeness (QED) is 0.310. The van der Waals surface area contributed by atoms with Crippen molar-refractivity contribution in [3.8, 4) is 0 Å². The molecule has 0 aromatic rings. The highest BCUT2D eigenvalue weighted by atomic mass is 16.7. The van der Waals surface area contributed by atoms with Crippen molar-refractivity contribution in [3.63, 3.8) is 0 Å². The van der Waals surface area contributed by atoms with Gasteiger partial charge < -0.3 is 14.3 Å². The summed E-state index contributed by atoms with van der Waals surface area (Å²) in [5.41, 5.74) is 0. The van der Waals surface area contributed by atoms with Gasteiger partial charge in [-0.15, -0.1) is 5.06 Å². The molecule has 1 aliphatic rings. The number of hydrogen-bond acceptors (Lipinski definition) is 8. The van der Waals surface area contributed by atoms with Crippen LogP contribution in [0.1, 0.15) is 19.3 Å². The van der Waals surface area contributed by atoms with E-state index in [4.69, 9.17) is 9.47 Å². The number of ether oxygens (including phenoxy) is 2. The molecule has 2 amide bonds. The van der Waals surface area contributed by atoms with Crippen molar-refractivity contribution in [1.29, 1.82) is 0 Å². The number of hydrogen-bond donors (Lipinski definition) is 0. The molecular formula is C11H16N2O7. The molecule has 112 valence electrons. The van der Waals surface area contributed by atoms with Crippen LogP contribution in [0.4, 0.5) is 0 Å². The normalized spacial score (nSPS) is 14.7. The van der Waals surface area contributed by atoms with Gasteiger partial charge in [-0.1, -0.05) is 5.18 Å². The Labute approximate surface area is 115 Å². The fourth-order valence-corrected chi connectivity index (χ4v) is 1.38. The standard InChI is InChI=1S/C11H16N2O7/c14-9-1-2-10(15)13(9)20-11(16)3-5-18-7-8-19-6-4-12-17/h1-8H2. The third kappa shape index (κ3) is 5.85. The molecule has 1 rings (SSSR count). The summed E-state index contributed by atoms with van der Waals surface area (Å²) in [5, 5.41) is 3.12.